The van der Waals surface area contributed by atoms with Crippen LogP contribution in [0.3, 0.4) is 0 Å². The van der Waals surface area contributed by atoms with Crippen LogP contribution in [0.2, 0.25) is 0 Å². The van der Waals surface area contributed by atoms with Crippen molar-refractivity contribution in [2.24, 2.45) is 7.05 Å². The number of benzene rings is 1. The number of aromatic nitrogens is 3. The van der Waals surface area contributed by atoms with Crippen molar-refractivity contribution in [3.63, 3.8) is 0 Å². The second-order valence-corrected chi connectivity index (χ2v) is 8.94. The van der Waals surface area contributed by atoms with Crippen molar-refractivity contribution in [3.8, 4) is 21.8 Å². The minimum Gasteiger partial charge on any atom is -0.352 e. The van der Waals surface area contributed by atoms with Crippen molar-refractivity contribution in [1.82, 2.24) is 20.1 Å². The molecule has 30 heavy (non-hydrogen) atoms. The summed E-state index contributed by atoms with van der Waals surface area (Å²) in [5.74, 6) is -1.79. The summed E-state index contributed by atoms with van der Waals surface area (Å²) in [4.78, 5) is 19.4. The van der Waals surface area contributed by atoms with Crippen LogP contribution >= 0.6 is 22.7 Å². The van der Waals surface area contributed by atoms with E-state index in [9.17, 15) is 13.6 Å². The van der Waals surface area contributed by atoms with Gasteiger partial charge in [-0.05, 0) is 37.6 Å². The highest BCUT2D eigenvalue weighted by molar-refractivity contribution is 7.16. The zero-order valence-electron chi connectivity index (χ0n) is 16.3. The van der Waals surface area contributed by atoms with E-state index in [1.54, 1.807) is 29.7 Å². The van der Waals surface area contributed by atoms with Crippen LogP contribution in [0.5, 0.6) is 0 Å². The molecule has 0 aliphatic carbocycles. The molecule has 9 heteroatoms. The first-order valence-electron chi connectivity index (χ1n) is 9.19. The van der Waals surface area contributed by atoms with E-state index in [0.717, 1.165) is 32.6 Å². The Labute approximate surface area is 180 Å². The molecule has 0 atom stereocenters. The minimum atomic E-state index is -0.758. The monoisotopic (exact) mass is 444 g/mol. The van der Waals surface area contributed by atoms with Crippen LogP contribution in [0, 0.1) is 18.6 Å². The number of carbonyl (C=O) groups excluding carboxylic acids is 1. The van der Waals surface area contributed by atoms with Gasteiger partial charge >= 0.3 is 0 Å². The molecule has 0 aliphatic heterocycles. The van der Waals surface area contributed by atoms with Crippen molar-refractivity contribution in [1.29, 1.82) is 0 Å². The van der Waals surface area contributed by atoms with Gasteiger partial charge in [-0.15, -0.1) is 22.7 Å². The molecule has 4 rings (SSSR count). The number of carbonyl (C=O) groups is 1. The van der Waals surface area contributed by atoms with Gasteiger partial charge in [0.15, 0.2) is 0 Å². The summed E-state index contributed by atoms with van der Waals surface area (Å²) < 4.78 is 28.8. The lowest BCUT2D eigenvalue weighted by Crippen LogP contribution is -2.25. The smallest absolute Gasteiger partial charge is 0.255 e. The number of hydrogen-bond donors (Lipinski definition) is 1. The molecule has 0 fully saturated rings. The Bertz CT molecular complexity index is 1210. The first kappa shape index (κ1) is 20.4. The van der Waals surface area contributed by atoms with Crippen LogP contribution in [-0.4, -0.2) is 27.2 Å². The SMILES string of the molecule is Cc1nc(-c2ccc(CCNC(=O)c3cn(C)nc3-c3ccc(F)cc3F)s2)cs1. The quantitative estimate of drug-likeness (QED) is 0.463. The zero-order chi connectivity index (χ0) is 21.3. The first-order chi connectivity index (χ1) is 14.4. The summed E-state index contributed by atoms with van der Waals surface area (Å²) in [6.07, 6.45) is 2.20. The molecule has 1 amide bonds. The number of halogens is 2. The average molecular weight is 445 g/mol. The van der Waals surface area contributed by atoms with E-state index >= 15 is 0 Å². The second-order valence-electron chi connectivity index (χ2n) is 6.71. The van der Waals surface area contributed by atoms with Crippen molar-refractivity contribution in [2.45, 2.75) is 13.3 Å². The fourth-order valence-corrected chi connectivity index (χ4v) is 4.71. The van der Waals surface area contributed by atoms with Gasteiger partial charge in [0.05, 0.1) is 21.1 Å². The Morgan fingerprint density at radius 3 is 2.80 bits per heavy atom. The van der Waals surface area contributed by atoms with Crippen molar-refractivity contribution >= 4 is 28.6 Å². The molecule has 1 aromatic carbocycles. The third kappa shape index (κ3) is 4.31. The van der Waals surface area contributed by atoms with Crippen LogP contribution in [0.25, 0.3) is 21.8 Å². The van der Waals surface area contributed by atoms with E-state index in [1.807, 2.05) is 24.4 Å². The average Bonchev–Trinajstić information content (AvgIpc) is 3.41. The van der Waals surface area contributed by atoms with Gasteiger partial charge in [0.1, 0.15) is 17.3 Å². The Kier molecular flexibility index (Phi) is 5.74. The summed E-state index contributed by atoms with van der Waals surface area (Å²) >= 11 is 3.26. The van der Waals surface area contributed by atoms with E-state index < -0.39 is 11.6 Å². The molecule has 1 N–H and O–H groups in total. The fraction of sp³-hybridized carbons (Fsp3) is 0.190. The van der Waals surface area contributed by atoms with Crippen molar-refractivity contribution in [2.75, 3.05) is 6.54 Å². The van der Waals surface area contributed by atoms with Crippen molar-refractivity contribution < 1.29 is 13.6 Å². The van der Waals surface area contributed by atoms with E-state index in [1.165, 1.54) is 16.9 Å². The Hall–Kier alpha value is -2.91. The highest BCUT2D eigenvalue weighted by Gasteiger charge is 2.20. The van der Waals surface area contributed by atoms with Crippen LogP contribution in [0.15, 0.2) is 41.9 Å². The molecule has 0 saturated heterocycles. The van der Waals surface area contributed by atoms with Crippen LogP contribution in [0.4, 0.5) is 8.78 Å². The summed E-state index contributed by atoms with van der Waals surface area (Å²) in [6.45, 7) is 2.40. The minimum absolute atomic E-state index is 0.0867. The molecule has 0 spiro atoms. The Balaban J connectivity index is 1.43. The van der Waals surface area contributed by atoms with Gasteiger partial charge in [0, 0.05) is 41.7 Å². The van der Waals surface area contributed by atoms with Gasteiger partial charge in [-0.2, -0.15) is 5.10 Å². The lowest BCUT2D eigenvalue weighted by atomic mass is 10.1. The fourth-order valence-electron chi connectivity index (χ4n) is 3.06. The lowest BCUT2D eigenvalue weighted by molar-refractivity contribution is 0.0954. The van der Waals surface area contributed by atoms with Gasteiger partial charge < -0.3 is 5.32 Å². The maximum absolute atomic E-state index is 14.2. The molecule has 0 radical (unpaired) electrons. The topological polar surface area (TPSA) is 59.8 Å². The molecule has 3 heterocycles. The molecule has 3 aromatic heterocycles. The highest BCUT2D eigenvalue weighted by Crippen LogP contribution is 2.29. The number of rotatable bonds is 6. The number of hydrogen-bond acceptors (Lipinski definition) is 5. The van der Waals surface area contributed by atoms with Crippen LogP contribution in [-0.2, 0) is 13.5 Å². The predicted molar refractivity (Wildman–Crippen MR) is 115 cm³/mol. The molecular weight excluding hydrogens is 426 g/mol. The van der Waals surface area contributed by atoms with Crippen molar-refractivity contribution in [3.05, 3.63) is 69.0 Å². The molecule has 4 aromatic rings. The number of nitrogens with zero attached hydrogens (tertiary/aromatic N) is 3. The Morgan fingerprint density at radius 2 is 2.07 bits per heavy atom. The molecule has 0 bridgehead atoms. The van der Waals surface area contributed by atoms with E-state index in [0.29, 0.717) is 13.0 Å². The highest BCUT2D eigenvalue weighted by atomic mass is 32.1. The zero-order valence-corrected chi connectivity index (χ0v) is 17.9. The lowest BCUT2D eigenvalue weighted by Gasteiger charge is -2.06. The second kappa shape index (κ2) is 8.45. The van der Waals surface area contributed by atoms with E-state index in [4.69, 9.17) is 0 Å². The van der Waals surface area contributed by atoms with E-state index in [2.05, 4.69) is 15.4 Å². The van der Waals surface area contributed by atoms with E-state index in [-0.39, 0.29) is 22.7 Å². The van der Waals surface area contributed by atoms with Crippen LogP contribution in [0.1, 0.15) is 20.2 Å². The van der Waals surface area contributed by atoms with Gasteiger partial charge in [-0.3, -0.25) is 9.48 Å². The normalized spacial score (nSPS) is 11.1. The molecule has 5 nitrogen and oxygen atoms in total. The van der Waals surface area contributed by atoms with Crippen LogP contribution < -0.4 is 5.32 Å². The summed E-state index contributed by atoms with van der Waals surface area (Å²) in [5, 5.41) is 10.1. The third-order valence-corrected chi connectivity index (χ3v) is 6.39. The van der Waals surface area contributed by atoms with Gasteiger partial charge in [-0.1, -0.05) is 0 Å². The molecule has 0 saturated carbocycles. The predicted octanol–water partition coefficient (Wildman–Crippen LogP) is 4.83. The van der Waals surface area contributed by atoms with Gasteiger partial charge in [0.2, 0.25) is 0 Å². The summed E-state index contributed by atoms with van der Waals surface area (Å²) in [7, 11) is 1.65. The third-order valence-electron chi connectivity index (χ3n) is 4.45. The molecule has 154 valence electrons. The Morgan fingerprint density at radius 1 is 1.23 bits per heavy atom. The van der Waals surface area contributed by atoms with Gasteiger partial charge in [-0.25, -0.2) is 13.8 Å². The number of amides is 1. The standard InChI is InChI=1S/C21H18F2N4OS2/c1-12-25-18(11-29-12)19-6-4-14(30-19)7-8-24-21(28)16-10-27(2)26-20(16)15-5-3-13(22)9-17(15)23/h3-6,9-11H,7-8H2,1-2H3,(H,24,28). The van der Waals surface area contributed by atoms with Gasteiger partial charge in [0.25, 0.3) is 5.91 Å². The number of thiophene rings is 1. The summed E-state index contributed by atoms with van der Waals surface area (Å²) in [6, 6.07) is 7.28. The first-order valence-corrected chi connectivity index (χ1v) is 10.9. The molecule has 0 unspecified atom stereocenters. The number of nitrogens with one attached hydrogen (secondary N) is 1. The number of thiazole rings is 1. The summed E-state index contributed by atoms with van der Waals surface area (Å²) in [5.41, 5.74) is 1.49. The number of aryl methyl sites for hydroxylation is 2. The maximum atomic E-state index is 14.2. The largest absolute Gasteiger partial charge is 0.352 e. The maximum Gasteiger partial charge on any atom is 0.255 e. The molecule has 0 aliphatic rings. The molecular formula is C21H18F2N4OS2.